The van der Waals surface area contributed by atoms with Crippen molar-refractivity contribution in [2.75, 3.05) is 13.6 Å². The van der Waals surface area contributed by atoms with Gasteiger partial charge in [0.15, 0.2) is 0 Å². The molecule has 1 aliphatic heterocycles. The minimum absolute atomic E-state index is 0.000274. The fourth-order valence-corrected chi connectivity index (χ4v) is 3.86. The molecule has 0 saturated carbocycles. The number of piperidine rings is 1. The van der Waals surface area contributed by atoms with E-state index in [0.29, 0.717) is 18.2 Å². The maximum atomic E-state index is 11.8. The summed E-state index contributed by atoms with van der Waals surface area (Å²) in [5.41, 5.74) is 1.20. The van der Waals surface area contributed by atoms with Gasteiger partial charge in [0.2, 0.25) is 0 Å². The minimum Gasteiger partial charge on any atom is -0.486 e. The maximum Gasteiger partial charge on any atom is 0.311 e. The molecule has 1 heterocycles. The van der Waals surface area contributed by atoms with E-state index in [1.165, 1.54) is 24.8 Å². The molecule has 0 radical (unpaired) electrons. The molecule has 0 bridgehead atoms. The zero-order valence-electron chi connectivity index (χ0n) is 17.7. The Bertz CT molecular complexity index is 744. The Hall–Kier alpha value is -2.33. The molecule has 0 spiro atoms. The lowest BCUT2D eigenvalue weighted by atomic mass is 9.94. The van der Waals surface area contributed by atoms with Gasteiger partial charge in [-0.1, -0.05) is 50.1 Å². The van der Waals surface area contributed by atoms with Gasteiger partial charge >= 0.3 is 5.97 Å². The Labute approximate surface area is 174 Å². The van der Waals surface area contributed by atoms with E-state index in [1.807, 2.05) is 30.3 Å². The molecule has 0 aliphatic carbocycles. The average Bonchev–Trinajstić information content (AvgIpc) is 2.75. The van der Waals surface area contributed by atoms with Crippen LogP contribution in [0.5, 0.6) is 11.5 Å². The van der Waals surface area contributed by atoms with E-state index in [0.717, 1.165) is 31.6 Å². The summed E-state index contributed by atoms with van der Waals surface area (Å²) in [7, 11) is 2.22. The first-order valence-corrected chi connectivity index (χ1v) is 10.9. The van der Waals surface area contributed by atoms with E-state index >= 15 is 0 Å². The SMILES string of the molecule is CCCCC(=O)Oc1ccc(OC(CC2CCCCN2C)c2ccccc2)cc1. The topological polar surface area (TPSA) is 38.8 Å². The Kier molecular flexibility index (Phi) is 8.12. The number of unbranched alkanes of at least 4 members (excludes halogenated alkanes) is 1. The lowest BCUT2D eigenvalue weighted by Gasteiger charge is -2.35. The van der Waals surface area contributed by atoms with Crippen LogP contribution in [0.15, 0.2) is 54.6 Å². The van der Waals surface area contributed by atoms with Crippen molar-refractivity contribution in [3.8, 4) is 11.5 Å². The number of hydrogen-bond acceptors (Lipinski definition) is 4. The highest BCUT2D eigenvalue weighted by atomic mass is 16.5. The third-order valence-corrected chi connectivity index (χ3v) is 5.65. The summed E-state index contributed by atoms with van der Waals surface area (Å²) < 4.78 is 11.8. The van der Waals surface area contributed by atoms with E-state index in [2.05, 4.69) is 43.1 Å². The normalized spacial score (nSPS) is 18.2. The summed E-state index contributed by atoms with van der Waals surface area (Å²) in [4.78, 5) is 14.3. The van der Waals surface area contributed by atoms with Crippen LogP contribution in [0.2, 0.25) is 0 Å². The third-order valence-electron chi connectivity index (χ3n) is 5.65. The van der Waals surface area contributed by atoms with Crippen molar-refractivity contribution in [1.29, 1.82) is 0 Å². The van der Waals surface area contributed by atoms with Crippen molar-refractivity contribution < 1.29 is 14.3 Å². The van der Waals surface area contributed by atoms with Crippen LogP contribution < -0.4 is 9.47 Å². The van der Waals surface area contributed by atoms with Crippen LogP contribution in [0.4, 0.5) is 0 Å². The van der Waals surface area contributed by atoms with E-state index < -0.39 is 0 Å². The van der Waals surface area contributed by atoms with E-state index in [-0.39, 0.29) is 12.1 Å². The molecule has 1 aliphatic rings. The Morgan fingerprint density at radius 2 is 1.79 bits per heavy atom. The second-order valence-electron chi connectivity index (χ2n) is 7.93. The van der Waals surface area contributed by atoms with Crippen molar-refractivity contribution in [3.05, 3.63) is 60.2 Å². The molecule has 156 valence electrons. The molecule has 1 fully saturated rings. The van der Waals surface area contributed by atoms with Crippen LogP contribution >= 0.6 is 0 Å². The highest BCUT2D eigenvalue weighted by Gasteiger charge is 2.25. The fraction of sp³-hybridized carbons (Fsp3) is 0.480. The fourth-order valence-electron chi connectivity index (χ4n) is 3.86. The molecule has 3 rings (SSSR count). The predicted octanol–water partition coefficient (Wildman–Crippen LogP) is 5.78. The van der Waals surface area contributed by atoms with Gasteiger partial charge in [-0.3, -0.25) is 4.79 Å². The summed E-state index contributed by atoms with van der Waals surface area (Å²) in [6, 6.07) is 18.4. The molecule has 2 atom stereocenters. The highest BCUT2D eigenvalue weighted by molar-refractivity contribution is 5.72. The molecule has 0 aromatic heterocycles. The summed E-state index contributed by atoms with van der Waals surface area (Å²) in [6.07, 6.45) is 7.05. The molecule has 0 amide bonds. The number of esters is 1. The van der Waals surface area contributed by atoms with Crippen molar-refractivity contribution in [1.82, 2.24) is 4.90 Å². The number of carbonyl (C=O) groups is 1. The first-order chi connectivity index (χ1) is 14.2. The van der Waals surface area contributed by atoms with Gasteiger partial charge in [0.25, 0.3) is 0 Å². The summed E-state index contributed by atoms with van der Waals surface area (Å²) >= 11 is 0. The number of ether oxygens (including phenoxy) is 2. The monoisotopic (exact) mass is 395 g/mol. The van der Waals surface area contributed by atoms with Crippen LogP contribution in [0.1, 0.15) is 63.5 Å². The summed E-state index contributed by atoms with van der Waals surface area (Å²) in [6.45, 7) is 3.22. The van der Waals surface area contributed by atoms with Crippen molar-refractivity contribution in [2.45, 2.75) is 64.0 Å². The molecule has 4 heteroatoms. The van der Waals surface area contributed by atoms with E-state index in [1.54, 1.807) is 0 Å². The largest absolute Gasteiger partial charge is 0.486 e. The van der Waals surface area contributed by atoms with Gasteiger partial charge in [-0.15, -0.1) is 0 Å². The van der Waals surface area contributed by atoms with E-state index in [4.69, 9.17) is 9.47 Å². The lowest BCUT2D eigenvalue weighted by Crippen LogP contribution is -2.37. The van der Waals surface area contributed by atoms with Gasteiger partial charge in [0.05, 0.1) is 0 Å². The molecule has 2 unspecified atom stereocenters. The molecular formula is C25H33NO3. The van der Waals surface area contributed by atoms with Gasteiger partial charge in [0.1, 0.15) is 17.6 Å². The zero-order valence-corrected chi connectivity index (χ0v) is 17.7. The van der Waals surface area contributed by atoms with E-state index in [9.17, 15) is 4.79 Å². The third kappa shape index (κ3) is 6.60. The Morgan fingerprint density at radius 3 is 2.48 bits per heavy atom. The second-order valence-corrected chi connectivity index (χ2v) is 7.93. The first kappa shape index (κ1) is 21.4. The van der Waals surface area contributed by atoms with Crippen LogP contribution in [-0.2, 0) is 4.79 Å². The molecule has 4 nitrogen and oxygen atoms in total. The highest BCUT2D eigenvalue weighted by Crippen LogP contribution is 2.31. The number of likely N-dealkylation sites (tertiary alicyclic amines) is 1. The smallest absolute Gasteiger partial charge is 0.311 e. The molecule has 2 aromatic rings. The quantitative estimate of drug-likeness (QED) is 0.399. The van der Waals surface area contributed by atoms with Gasteiger partial charge in [-0.05, 0) is 62.7 Å². The maximum absolute atomic E-state index is 11.8. The molecule has 1 saturated heterocycles. The molecule has 2 aromatic carbocycles. The van der Waals surface area contributed by atoms with Gasteiger partial charge < -0.3 is 14.4 Å². The molecule has 29 heavy (non-hydrogen) atoms. The minimum atomic E-state index is -0.178. The zero-order chi connectivity index (χ0) is 20.5. The van der Waals surface area contributed by atoms with Crippen molar-refractivity contribution in [2.24, 2.45) is 0 Å². The van der Waals surface area contributed by atoms with Crippen LogP contribution in [0.3, 0.4) is 0 Å². The average molecular weight is 396 g/mol. The second kappa shape index (κ2) is 11.0. The van der Waals surface area contributed by atoms with Gasteiger partial charge in [-0.2, -0.15) is 0 Å². The number of nitrogens with zero attached hydrogens (tertiary/aromatic N) is 1. The van der Waals surface area contributed by atoms with Crippen molar-refractivity contribution >= 4 is 5.97 Å². The van der Waals surface area contributed by atoms with Gasteiger partial charge in [0, 0.05) is 18.9 Å². The Balaban J connectivity index is 1.66. The standard InChI is InChI=1S/C25H33NO3/c1-3-4-13-25(27)29-23-16-14-22(15-17-23)28-24(20-10-6-5-7-11-20)19-21-12-8-9-18-26(21)2/h5-7,10-11,14-17,21,24H,3-4,8-9,12-13,18-19H2,1-2H3. The number of carbonyl (C=O) groups excluding carboxylic acids is 1. The van der Waals surface area contributed by atoms with Crippen molar-refractivity contribution in [3.63, 3.8) is 0 Å². The number of benzene rings is 2. The summed E-state index contributed by atoms with van der Waals surface area (Å²) in [5.74, 6) is 1.19. The Morgan fingerprint density at radius 1 is 1.07 bits per heavy atom. The number of rotatable bonds is 9. The van der Waals surface area contributed by atoms with Gasteiger partial charge in [-0.25, -0.2) is 0 Å². The van der Waals surface area contributed by atoms with Crippen LogP contribution in [-0.4, -0.2) is 30.5 Å². The predicted molar refractivity (Wildman–Crippen MR) is 116 cm³/mol. The molecular weight excluding hydrogens is 362 g/mol. The van der Waals surface area contributed by atoms with Crippen LogP contribution in [0.25, 0.3) is 0 Å². The molecule has 0 N–H and O–H groups in total. The summed E-state index contributed by atoms with van der Waals surface area (Å²) in [5, 5.41) is 0. The number of hydrogen-bond donors (Lipinski definition) is 0. The van der Waals surface area contributed by atoms with Crippen LogP contribution in [0, 0.1) is 0 Å². The lowest BCUT2D eigenvalue weighted by molar-refractivity contribution is -0.134. The first-order valence-electron chi connectivity index (χ1n) is 10.9.